The maximum atomic E-state index is 13.9. The molecule has 0 bridgehead atoms. The van der Waals surface area contributed by atoms with Crippen LogP contribution in [-0.2, 0) is 20.7 Å². The van der Waals surface area contributed by atoms with Gasteiger partial charge in [0.2, 0.25) is 5.91 Å². The van der Waals surface area contributed by atoms with Crippen molar-refractivity contribution in [1.82, 2.24) is 10.2 Å². The number of rotatable bonds is 11. The first-order valence-corrected chi connectivity index (χ1v) is 14.1. The van der Waals surface area contributed by atoms with E-state index in [1.807, 2.05) is 24.3 Å². The highest BCUT2D eigenvalue weighted by molar-refractivity contribution is 5.96. The molecule has 3 aliphatic rings. The Bertz CT molecular complexity index is 1350. The van der Waals surface area contributed by atoms with E-state index in [9.17, 15) is 24.6 Å². The SMILES string of the molecule is COc1cccc(CCN(C(=O)C2CCCO2)C2C=C(C(=O)NCCO)C3c4cc(C=O)cc(OC)c4OC3C2O)c1. The number of aliphatic hydroxyl groups is 2. The number of ether oxygens (including phenoxy) is 4. The predicted molar refractivity (Wildman–Crippen MR) is 151 cm³/mol. The lowest BCUT2D eigenvalue weighted by atomic mass is 9.77. The molecule has 2 aliphatic heterocycles. The van der Waals surface area contributed by atoms with Crippen molar-refractivity contribution in [1.29, 1.82) is 0 Å². The number of aliphatic hydroxyl groups excluding tert-OH is 2. The number of fused-ring (bicyclic) bond motifs is 3. The minimum Gasteiger partial charge on any atom is -0.497 e. The Morgan fingerprint density at radius 2 is 2.02 bits per heavy atom. The minimum absolute atomic E-state index is 0.0145. The van der Waals surface area contributed by atoms with Gasteiger partial charge in [0, 0.05) is 36.4 Å². The van der Waals surface area contributed by atoms with E-state index >= 15 is 0 Å². The molecule has 5 unspecified atom stereocenters. The van der Waals surface area contributed by atoms with Gasteiger partial charge in [-0.2, -0.15) is 0 Å². The highest BCUT2D eigenvalue weighted by atomic mass is 16.5. The fourth-order valence-corrected chi connectivity index (χ4v) is 6.00. The second-order valence-electron chi connectivity index (χ2n) is 10.5. The molecule has 0 radical (unpaired) electrons. The molecule has 5 rings (SSSR count). The van der Waals surface area contributed by atoms with Crippen molar-refractivity contribution in [3.05, 3.63) is 64.7 Å². The molecular weight excluding hydrogens is 544 g/mol. The zero-order chi connectivity index (χ0) is 29.8. The molecule has 42 heavy (non-hydrogen) atoms. The standard InChI is InChI=1S/C31H36N2O9/c1-39-20-6-3-5-18(13-20)8-10-33(31(38)24-7-4-12-41-24)23-16-22(30(37)32-9-11-34)26-21-14-19(17-35)15-25(40-2)28(21)42-29(26)27(23)36/h3,5-6,13-17,23-24,26-27,29,34,36H,4,7-12H2,1-2H3,(H,32,37). The summed E-state index contributed by atoms with van der Waals surface area (Å²) in [5.41, 5.74) is 2.05. The topological polar surface area (TPSA) is 144 Å². The molecule has 0 spiro atoms. The molecule has 0 saturated carbocycles. The number of hydrogen-bond donors (Lipinski definition) is 3. The van der Waals surface area contributed by atoms with Gasteiger partial charge in [-0.1, -0.05) is 12.1 Å². The lowest BCUT2D eigenvalue weighted by Gasteiger charge is -2.41. The van der Waals surface area contributed by atoms with Gasteiger partial charge in [0.25, 0.3) is 5.91 Å². The van der Waals surface area contributed by atoms with Crippen LogP contribution in [0.25, 0.3) is 0 Å². The van der Waals surface area contributed by atoms with E-state index in [-0.39, 0.29) is 31.2 Å². The average Bonchev–Trinajstić information content (AvgIpc) is 3.69. The van der Waals surface area contributed by atoms with E-state index in [1.165, 1.54) is 13.2 Å². The number of aldehydes is 1. The summed E-state index contributed by atoms with van der Waals surface area (Å²) in [4.78, 5) is 40.6. The molecule has 11 heteroatoms. The third kappa shape index (κ3) is 5.72. The average molecular weight is 581 g/mol. The molecule has 1 aliphatic carbocycles. The third-order valence-corrected chi connectivity index (χ3v) is 8.03. The molecule has 2 aromatic carbocycles. The molecule has 1 saturated heterocycles. The van der Waals surface area contributed by atoms with Crippen LogP contribution in [0.3, 0.4) is 0 Å². The molecule has 3 N–H and O–H groups in total. The number of benzene rings is 2. The van der Waals surface area contributed by atoms with Crippen molar-refractivity contribution >= 4 is 18.1 Å². The van der Waals surface area contributed by atoms with Gasteiger partial charge in [-0.05, 0) is 55.2 Å². The van der Waals surface area contributed by atoms with E-state index in [4.69, 9.17) is 18.9 Å². The number of carbonyl (C=O) groups excluding carboxylic acids is 3. The van der Waals surface area contributed by atoms with Gasteiger partial charge in [0.05, 0.1) is 32.8 Å². The highest BCUT2D eigenvalue weighted by Crippen LogP contribution is 2.51. The van der Waals surface area contributed by atoms with Crippen molar-refractivity contribution in [3.63, 3.8) is 0 Å². The summed E-state index contributed by atoms with van der Waals surface area (Å²) < 4.78 is 22.8. The first kappa shape index (κ1) is 29.6. The first-order valence-electron chi connectivity index (χ1n) is 14.1. The van der Waals surface area contributed by atoms with Crippen LogP contribution >= 0.6 is 0 Å². The van der Waals surface area contributed by atoms with Crippen LogP contribution in [0.15, 0.2) is 48.0 Å². The number of hydrogen-bond acceptors (Lipinski definition) is 9. The number of nitrogens with one attached hydrogen (secondary N) is 1. The summed E-state index contributed by atoms with van der Waals surface area (Å²) in [6.07, 6.45) is 1.23. The van der Waals surface area contributed by atoms with Crippen molar-refractivity contribution in [2.75, 3.05) is 40.5 Å². The smallest absolute Gasteiger partial charge is 0.252 e. The zero-order valence-corrected chi connectivity index (χ0v) is 23.7. The van der Waals surface area contributed by atoms with Gasteiger partial charge in [0.1, 0.15) is 30.3 Å². The zero-order valence-electron chi connectivity index (χ0n) is 23.7. The van der Waals surface area contributed by atoms with E-state index in [2.05, 4.69) is 5.32 Å². The summed E-state index contributed by atoms with van der Waals surface area (Å²) >= 11 is 0. The Balaban J connectivity index is 1.55. The second kappa shape index (κ2) is 12.9. The van der Waals surface area contributed by atoms with Crippen LogP contribution in [0.4, 0.5) is 0 Å². The molecular formula is C31H36N2O9. The summed E-state index contributed by atoms with van der Waals surface area (Å²) in [6, 6.07) is 9.75. The summed E-state index contributed by atoms with van der Waals surface area (Å²) in [5.74, 6) is -0.175. The molecule has 224 valence electrons. The molecule has 11 nitrogen and oxygen atoms in total. The number of nitrogens with zero attached hydrogens (tertiary/aromatic N) is 1. The Labute approximate surface area is 244 Å². The normalized spacial score (nSPS) is 24.1. The molecule has 5 atom stereocenters. The molecule has 2 amide bonds. The van der Waals surface area contributed by atoms with Crippen LogP contribution in [0.1, 0.15) is 40.2 Å². The Morgan fingerprint density at radius 1 is 1.19 bits per heavy atom. The summed E-state index contributed by atoms with van der Waals surface area (Å²) in [6.45, 7) is 0.457. The van der Waals surface area contributed by atoms with Gasteiger partial charge < -0.3 is 39.4 Å². The number of amides is 2. The van der Waals surface area contributed by atoms with E-state index in [0.29, 0.717) is 54.1 Å². The largest absolute Gasteiger partial charge is 0.497 e. The summed E-state index contributed by atoms with van der Waals surface area (Å²) in [5, 5.41) is 23.9. The number of methoxy groups -OCH3 is 2. The van der Waals surface area contributed by atoms with Crippen molar-refractivity contribution < 1.29 is 43.5 Å². The van der Waals surface area contributed by atoms with E-state index < -0.39 is 36.2 Å². The van der Waals surface area contributed by atoms with Gasteiger partial charge in [0.15, 0.2) is 11.5 Å². The van der Waals surface area contributed by atoms with E-state index in [0.717, 1.165) is 12.0 Å². The van der Waals surface area contributed by atoms with Crippen molar-refractivity contribution in [3.8, 4) is 17.2 Å². The van der Waals surface area contributed by atoms with Crippen LogP contribution in [0.5, 0.6) is 17.2 Å². The van der Waals surface area contributed by atoms with Crippen molar-refractivity contribution in [2.24, 2.45) is 0 Å². The maximum absolute atomic E-state index is 13.9. The molecule has 2 heterocycles. The monoisotopic (exact) mass is 580 g/mol. The Hall–Kier alpha value is -3.93. The molecule has 1 fully saturated rings. The maximum Gasteiger partial charge on any atom is 0.252 e. The van der Waals surface area contributed by atoms with Crippen molar-refractivity contribution in [2.45, 2.75) is 49.5 Å². The lowest BCUT2D eigenvalue weighted by Crippen LogP contribution is -2.57. The Morgan fingerprint density at radius 3 is 2.71 bits per heavy atom. The third-order valence-electron chi connectivity index (χ3n) is 8.03. The second-order valence-corrected chi connectivity index (χ2v) is 10.5. The molecule has 2 aromatic rings. The first-order chi connectivity index (χ1) is 20.4. The molecule has 0 aromatic heterocycles. The quantitative estimate of drug-likeness (QED) is 0.336. The summed E-state index contributed by atoms with van der Waals surface area (Å²) in [7, 11) is 3.03. The van der Waals surface area contributed by atoms with Gasteiger partial charge in [-0.3, -0.25) is 14.4 Å². The Kier molecular flexibility index (Phi) is 9.10. The van der Waals surface area contributed by atoms with Gasteiger partial charge in [-0.15, -0.1) is 0 Å². The van der Waals surface area contributed by atoms with Crippen LogP contribution in [-0.4, -0.2) is 98.1 Å². The van der Waals surface area contributed by atoms with Gasteiger partial charge in [-0.25, -0.2) is 0 Å². The van der Waals surface area contributed by atoms with E-state index in [1.54, 1.807) is 24.2 Å². The fourth-order valence-electron chi connectivity index (χ4n) is 6.00. The van der Waals surface area contributed by atoms with Crippen LogP contribution in [0, 0.1) is 0 Å². The van der Waals surface area contributed by atoms with Crippen LogP contribution < -0.4 is 19.5 Å². The lowest BCUT2D eigenvalue weighted by molar-refractivity contribution is -0.146. The predicted octanol–water partition coefficient (Wildman–Crippen LogP) is 1.39. The van der Waals surface area contributed by atoms with Crippen LogP contribution in [0.2, 0.25) is 0 Å². The highest BCUT2D eigenvalue weighted by Gasteiger charge is 2.52. The number of carbonyl (C=O) groups is 3. The minimum atomic E-state index is -1.23. The van der Waals surface area contributed by atoms with Gasteiger partial charge >= 0.3 is 0 Å². The fraction of sp³-hybridized carbons (Fsp3) is 0.452.